The first kappa shape index (κ1) is 13.0. The Balaban J connectivity index is 2.26. The molecule has 0 aromatic heterocycles. The minimum absolute atomic E-state index is 0.513. The van der Waals surface area contributed by atoms with Crippen LogP contribution < -0.4 is 5.32 Å². The second kappa shape index (κ2) is 5.31. The Morgan fingerprint density at radius 2 is 2.07 bits per heavy atom. The first-order valence-corrected chi connectivity index (χ1v) is 6.42. The number of hydrogen-bond acceptors (Lipinski definition) is 2. The van der Waals surface area contributed by atoms with Crippen LogP contribution in [0.4, 0.5) is 0 Å². The molecule has 1 unspecified atom stereocenters. The lowest BCUT2D eigenvalue weighted by atomic mass is 9.90. The normalized spacial score (nSPS) is 25.4. The van der Waals surface area contributed by atoms with Gasteiger partial charge in [0.05, 0.1) is 0 Å². The van der Waals surface area contributed by atoms with Crippen molar-refractivity contribution in [2.75, 3.05) is 19.6 Å². The number of rotatable bonds is 5. The van der Waals surface area contributed by atoms with Crippen LogP contribution in [0.15, 0.2) is 0 Å². The van der Waals surface area contributed by atoms with E-state index in [1.54, 1.807) is 0 Å². The zero-order chi connectivity index (χ0) is 11.5. The molecule has 0 spiro atoms. The van der Waals surface area contributed by atoms with Gasteiger partial charge in [0.15, 0.2) is 0 Å². The Hall–Kier alpha value is -0.0800. The molecular weight excluding hydrogens is 184 g/mol. The van der Waals surface area contributed by atoms with E-state index in [0.717, 1.165) is 6.04 Å². The maximum absolute atomic E-state index is 3.64. The highest BCUT2D eigenvalue weighted by atomic mass is 15.1. The van der Waals surface area contributed by atoms with Gasteiger partial charge in [0.2, 0.25) is 0 Å². The summed E-state index contributed by atoms with van der Waals surface area (Å²) in [4.78, 5) is 2.55. The third-order valence-electron chi connectivity index (χ3n) is 3.57. The second-order valence-electron chi connectivity index (χ2n) is 5.96. The minimum Gasteiger partial charge on any atom is -0.313 e. The molecule has 90 valence electrons. The molecule has 0 radical (unpaired) electrons. The number of hydrogen-bond donors (Lipinski definition) is 1. The van der Waals surface area contributed by atoms with Crippen molar-refractivity contribution >= 4 is 0 Å². The third kappa shape index (κ3) is 4.12. The fourth-order valence-electron chi connectivity index (χ4n) is 2.54. The van der Waals surface area contributed by atoms with Gasteiger partial charge in [-0.25, -0.2) is 0 Å². The molecule has 2 nitrogen and oxygen atoms in total. The van der Waals surface area contributed by atoms with E-state index >= 15 is 0 Å². The molecule has 1 aliphatic heterocycles. The Morgan fingerprint density at radius 3 is 2.47 bits per heavy atom. The van der Waals surface area contributed by atoms with Crippen LogP contribution in [0.25, 0.3) is 0 Å². The molecule has 1 saturated heterocycles. The lowest BCUT2D eigenvalue weighted by Crippen LogP contribution is -2.35. The van der Waals surface area contributed by atoms with Crippen molar-refractivity contribution in [3.8, 4) is 0 Å². The molecule has 1 N–H and O–H groups in total. The summed E-state index contributed by atoms with van der Waals surface area (Å²) in [6.07, 6.45) is 2.64. The molecule has 1 rings (SSSR count). The minimum atomic E-state index is 0.513. The van der Waals surface area contributed by atoms with Gasteiger partial charge in [-0.2, -0.15) is 0 Å². The van der Waals surface area contributed by atoms with E-state index in [1.807, 2.05) is 0 Å². The fraction of sp³-hybridized carbons (Fsp3) is 1.00. The SMILES string of the molecule is CCN(CCC1CC(C)(C)CN1)C(C)C. The van der Waals surface area contributed by atoms with Gasteiger partial charge in [0, 0.05) is 18.6 Å². The van der Waals surface area contributed by atoms with Gasteiger partial charge >= 0.3 is 0 Å². The molecule has 0 amide bonds. The van der Waals surface area contributed by atoms with Crippen molar-refractivity contribution in [1.29, 1.82) is 0 Å². The Kier molecular flexibility index (Phi) is 4.60. The van der Waals surface area contributed by atoms with E-state index in [0.29, 0.717) is 11.5 Å². The highest BCUT2D eigenvalue weighted by Gasteiger charge is 2.30. The standard InChI is InChI=1S/C13H28N2/c1-6-15(11(2)3)8-7-12-9-13(4,5)10-14-12/h11-12,14H,6-10H2,1-5H3. The highest BCUT2D eigenvalue weighted by molar-refractivity contribution is 4.88. The molecular formula is C13H28N2. The molecule has 0 aromatic carbocycles. The van der Waals surface area contributed by atoms with Crippen molar-refractivity contribution in [3.05, 3.63) is 0 Å². The molecule has 0 saturated carbocycles. The number of nitrogens with one attached hydrogen (secondary N) is 1. The van der Waals surface area contributed by atoms with Crippen LogP contribution in [0.1, 0.15) is 47.5 Å². The average Bonchev–Trinajstić information content (AvgIpc) is 2.46. The van der Waals surface area contributed by atoms with Gasteiger partial charge in [-0.05, 0) is 45.2 Å². The summed E-state index contributed by atoms with van der Waals surface area (Å²) in [5, 5.41) is 3.64. The van der Waals surface area contributed by atoms with E-state index in [1.165, 1.54) is 32.5 Å². The maximum atomic E-state index is 3.64. The van der Waals surface area contributed by atoms with E-state index in [4.69, 9.17) is 0 Å². The molecule has 15 heavy (non-hydrogen) atoms. The largest absolute Gasteiger partial charge is 0.313 e. The van der Waals surface area contributed by atoms with E-state index < -0.39 is 0 Å². The van der Waals surface area contributed by atoms with Gasteiger partial charge in [-0.3, -0.25) is 0 Å². The van der Waals surface area contributed by atoms with Gasteiger partial charge in [-0.1, -0.05) is 20.8 Å². The van der Waals surface area contributed by atoms with Gasteiger partial charge in [-0.15, -0.1) is 0 Å². The van der Waals surface area contributed by atoms with Gasteiger partial charge in [0.1, 0.15) is 0 Å². The molecule has 1 fully saturated rings. The fourth-order valence-corrected chi connectivity index (χ4v) is 2.54. The van der Waals surface area contributed by atoms with Crippen LogP contribution in [0, 0.1) is 5.41 Å². The monoisotopic (exact) mass is 212 g/mol. The summed E-state index contributed by atoms with van der Waals surface area (Å²) in [5.74, 6) is 0. The van der Waals surface area contributed by atoms with Crippen LogP contribution in [0.3, 0.4) is 0 Å². The van der Waals surface area contributed by atoms with Crippen LogP contribution in [-0.4, -0.2) is 36.6 Å². The molecule has 1 heterocycles. The van der Waals surface area contributed by atoms with Crippen molar-refractivity contribution in [1.82, 2.24) is 10.2 Å². The van der Waals surface area contributed by atoms with Crippen LogP contribution in [0.2, 0.25) is 0 Å². The van der Waals surface area contributed by atoms with E-state index in [2.05, 4.69) is 44.8 Å². The van der Waals surface area contributed by atoms with Crippen molar-refractivity contribution in [3.63, 3.8) is 0 Å². The Morgan fingerprint density at radius 1 is 1.40 bits per heavy atom. The summed E-state index contributed by atoms with van der Waals surface area (Å²) in [6, 6.07) is 1.43. The maximum Gasteiger partial charge on any atom is 0.00850 e. The smallest absolute Gasteiger partial charge is 0.00850 e. The van der Waals surface area contributed by atoms with Crippen LogP contribution in [-0.2, 0) is 0 Å². The summed E-state index contributed by atoms with van der Waals surface area (Å²) in [5.41, 5.74) is 0.513. The average molecular weight is 212 g/mol. The predicted molar refractivity (Wildman–Crippen MR) is 67.2 cm³/mol. The predicted octanol–water partition coefficient (Wildman–Crippen LogP) is 2.49. The summed E-state index contributed by atoms with van der Waals surface area (Å²) in [6.45, 7) is 15.2. The van der Waals surface area contributed by atoms with Crippen molar-refractivity contribution in [2.45, 2.75) is 59.5 Å². The van der Waals surface area contributed by atoms with Crippen LogP contribution >= 0.6 is 0 Å². The Labute approximate surface area is 95.4 Å². The molecule has 0 aliphatic carbocycles. The molecule has 0 bridgehead atoms. The quantitative estimate of drug-likeness (QED) is 0.753. The first-order valence-electron chi connectivity index (χ1n) is 6.42. The zero-order valence-corrected chi connectivity index (χ0v) is 11.1. The summed E-state index contributed by atoms with van der Waals surface area (Å²) < 4.78 is 0. The summed E-state index contributed by atoms with van der Waals surface area (Å²) in [7, 11) is 0. The third-order valence-corrected chi connectivity index (χ3v) is 3.57. The summed E-state index contributed by atoms with van der Waals surface area (Å²) >= 11 is 0. The molecule has 0 aromatic rings. The molecule has 2 heteroatoms. The zero-order valence-electron chi connectivity index (χ0n) is 11.1. The molecule has 1 atom stereocenters. The first-order chi connectivity index (χ1) is 6.94. The lowest BCUT2D eigenvalue weighted by molar-refractivity contribution is 0.221. The highest BCUT2D eigenvalue weighted by Crippen LogP contribution is 2.28. The van der Waals surface area contributed by atoms with Gasteiger partial charge in [0.25, 0.3) is 0 Å². The second-order valence-corrected chi connectivity index (χ2v) is 5.96. The van der Waals surface area contributed by atoms with Gasteiger partial charge < -0.3 is 10.2 Å². The topological polar surface area (TPSA) is 15.3 Å². The number of nitrogens with zero attached hydrogens (tertiary/aromatic N) is 1. The molecule has 1 aliphatic rings. The van der Waals surface area contributed by atoms with E-state index in [-0.39, 0.29) is 0 Å². The van der Waals surface area contributed by atoms with Crippen LogP contribution in [0.5, 0.6) is 0 Å². The lowest BCUT2D eigenvalue weighted by Gasteiger charge is -2.26. The van der Waals surface area contributed by atoms with Crippen molar-refractivity contribution < 1.29 is 0 Å². The Bertz CT molecular complexity index is 187. The van der Waals surface area contributed by atoms with Crippen molar-refractivity contribution in [2.24, 2.45) is 5.41 Å². The van der Waals surface area contributed by atoms with E-state index in [9.17, 15) is 0 Å².